The summed E-state index contributed by atoms with van der Waals surface area (Å²) in [5, 5.41) is 0.641. The Kier molecular flexibility index (Phi) is 8.08. The van der Waals surface area contributed by atoms with Crippen molar-refractivity contribution < 1.29 is 9.47 Å². The van der Waals surface area contributed by atoms with Crippen LogP contribution in [-0.4, -0.2) is 19.1 Å². The lowest BCUT2D eigenvalue weighted by atomic mass is 10.1. The molecule has 0 saturated carbocycles. The van der Waals surface area contributed by atoms with Gasteiger partial charge in [-0.1, -0.05) is 25.4 Å². The Labute approximate surface area is 126 Å². The van der Waals surface area contributed by atoms with Gasteiger partial charge in [0.1, 0.15) is 11.5 Å². The Bertz CT molecular complexity index is 381. The lowest BCUT2D eigenvalue weighted by Gasteiger charge is -2.14. The fourth-order valence-electron chi connectivity index (χ4n) is 1.70. The maximum Gasteiger partial charge on any atom is 0.141 e. The molecule has 0 heterocycles. The minimum atomic E-state index is 0.638. The zero-order chi connectivity index (χ0) is 14.1. The monoisotopic (exact) mass is 304 g/mol. The van der Waals surface area contributed by atoms with Crippen molar-refractivity contribution in [3.63, 3.8) is 0 Å². The van der Waals surface area contributed by atoms with Crippen LogP contribution in [0.5, 0.6) is 11.5 Å². The Balaban J connectivity index is 2.91. The summed E-state index contributed by atoms with van der Waals surface area (Å²) in [6, 6.07) is 3.83. The predicted octanol–water partition coefficient (Wildman–Crippen LogP) is 5.09. The maximum absolute atomic E-state index is 6.24. The van der Waals surface area contributed by atoms with E-state index in [2.05, 4.69) is 13.8 Å². The van der Waals surface area contributed by atoms with Crippen molar-refractivity contribution in [3.05, 3.63) is 22.7 Å². The highest BCUT2D eigenvalue weighted by Gasteiger charge is 2.11. The zero-order valence-electron chi connectivity index (χ0n) is 11.7. The SMILES string of the molecule is CCCOc1cc(OCCC)c(CCCCl)cc1Cl. The van der Waals surface area contributed by atoms with Crippen molar-refractivity contribution >= 4 is 23.2 Å². The molecule has 108 valence electrons. The second-order valence-electron chi connectivity index (χ2n) is 4.38. The average Bonchev–Trinajstić information content (AvgIpc) is 2.42. The molecule has 0 radical (unpaired) electrons. The third-order valence-electron chi connectivity index (χ3n) is 2.62. The van der Waals surface area contributed by atoms with Gasteiger partial charge in [-0.2, -0.15) is 0 Å². The molecule has 0 N–H and O–H groups in total. The summed E-state index contributed by atoms with van der Waals surface area (Å²) in [5.41, 5.74) is 1.10. The summed E-state index contributed by atoms with van der Waals surface area (Å²) in [6.45, 7) is 5.51. The van der Waals surface area contributed by atoms with Gasteiger partial charge in [-0.3, -0.25) is 0 Å². The van der Waals surface area contributed by atoms with Crippen LogP contribution in [0.2, 0.25) is 5.02 Å². The molecule has 0 aromatic heterocycles. The van der Waals surface area contributed by atoms with Crippen molar-refractivity contribution in [1.29, 1.82) is 0 Å². The molecule has 1 aromatic carbocycles. The molecule has 0 fully saturated rings. The maximum atomic E-state index is 6.24. The number of hydrogen-bond donors (Lipinski definition) is 0. The molecule has 0 aliphatic rings. The van der Waals surface area contributed by atoms with Gasteiger partial charge in [-0.25, -0.2) is 0 Å². The molecule has 4 heteroatoms. The largest absolute Gasteiger partial charge is 0.493 e. The van der Waals surface area contributed by atoms with Crippen LogP contribution < -0.4 is 9.47 Å². The molecule has 2 nitrogen and oxygen atoms in total. The molecule has 0 bridgehead atoms. The van der Waals surface area contributed by atoms with E-state index < -0.39 is 0 Å². The van der Waals surface area contributed by atoms with Crippen molar-refractivity contribution in [3.8, 4) is 11.5 Å². The Hall–Kier alpha value is -0.600. The van der Waals surface area contributed by atoms with E-state index in [1.807, 2.05) is 12.1 Å². The number of halogens is 2. The van der Waals surface area contributed by atoms with Crippen LogP contribution >= 0.6 is 23.2 Å². The third-order valence-corrected chi connectivity index (χ3v) is 3.18. The molecule has 0 amide bonds. The fourth-order valence-corrected chi connectivity index (χ4v) is 2.07. The molecule has 0 atom stereocenters. The second kappa shape index (κ2) is 9.33. The van der Waals surface area contributed by atoms with E-state index in [0.29, 0.717) is 29.9 Å². The Morgan fingerprint density at radius 3 is 2.21 bits per heavy atom. The van der Waals surface area contributed by atoms with Crippen LogP contribution in [0.4, 0.5) is 0 Å². The highest BCUT2D eigenvalue weighted by Crippen LogP contribution is 2.34. The molecular formula is C15H22Cl2O2. The minimum absolute atomic E-state index is 0.638. The summed E-state index contributed by atoms with van der Waals surface area (Å²) < 4.78 is 11.4. The van der Waals surface area contributed by atoms with E-state index >= 15 is 0 Å². The molecule has 19 heavy (non-hydrogen) atoms. The number of alkyl halides is 1. The van der Waals surface area contributed by atoms with Gasteiger partial charge in [0.05, 0.1) is 18.2 Å². The van der Waals surface area contributed by atoms with Gasteiger partial charge in [-0.15, -0.1) is 11.6 Å². The molecule has 0 saturated heterocycles. The lowest BCUT2D eigenvalue weighted by molar-refractivity contribution is 0.299. The van der Waals surface area contributed by atoms with Gasteiger partial charge >= 0.3 is 0 Å². The zero-order valence-corrected chi connectivity index (χ0v) is 13.2. The van der Waals surface area contributed by atoms with Gasteiger partial charge in [-0.05, 0) is 37.3 Å². The second-order valence-corrected chi connectivity index (χ2v) is 5.16. The summed E-state index contributed by atoms with van der Waals surface area (Å²) in [6.07, 6.45) is 3.71. The van der Waals surface area contributed by atoms with E-state index in [9.17, 15) is 0 Å². The van der Waals surface area contributed by atoms with Crippen molar-refractivity contribution in [2.45, 2.75) is 39.5 Å². The fraction of sp³-hybridized carbons (Fsp3) is 0.600. The van der Waals surface area contributed by atoms with Crippen LogP contribution in [-0.2, 0) is 6.42 Å². The number of ether oxygens (including phenoxy) is 2. The van der Waals surface area contributed by atoms with Crippen LogP contribution in [0, 0.1) is 0 Å². The van der Waals surface area contributed by atoms with Crippen molar-refractivity contribution in [2.75, 3.05) is 19.1 Å². The van der Waals surface area contributed by atoms with Crippen LogP contribution in [0.3, 0.4) is 0 Å². The lowest BCUT2D eigenvalue weighted by Crippen LogP contribution is -2.02. The normalized spacial score (nSPS) is 10.5. The Morgan fingerprint density at radius 2 is 1.63 bits per heavy atom. The quantitative estimate of drug-likeness (QED) is 0.592. The molecule has 1 rings (SSSR count). The first-order valence-electron chi connectivity index (χ1n) is 6.86. The predicted molar refractivity (Wildman–Crippen MR) is 82.1 cm³/mol. The molecular weight excluding hydrogens is 283 g/mol. The molecule has 0 aliphatic carbocycles. The first kappa shape index (κ1) is 16.5. The average molecular weight is 305 g/mol. The molecule has 0 aliphatic heterocycles. The molecule has 1 aromatic rings. The van der Waals surface area contributed by atoms with Crippen molar-refractivity contribution in [2.24, 2.45) is 0 Å². The topological polar surface area (TPSA) is 18.5 Å². The van der Waals surface area contributed by atoms with E-state index in [1.54, 1.807) is 0 Å². The van der Waals surface area contributed by atoms with Gasteiger partial charge in [0, 0.05) is 11.9 Å². The highest BCUT2D eigenvalue weighted by atomic mass is 35.5. The van der Waals surface area contributed by atoms with E-state index in [1.165, 1.54) is 0 Å². The number of hydrogen-bond acceptors (Lipinski definition) is 2. The van der Waals surface area contributed by atoms with E-state index in [4.69, 9.17) is 32.7 Å². The van der Waals surface area contributed by atoms with E-state index in [0.717, 1.165) is 37.0 Å². The summed E-state index contributed by atoms with van der Waals surface area (Å²) in [7, 11) is 0. The van der Waals surface area contributed by atoms with E-state index in [-0.39, 0.29) is 0 Å². The standard InChI is InChI=1S/C15H22Cl2O2/c1-3-8-18-14-11-15(19-9-4-2)13(17)10-12(14)6-5-7-16/h10-11H,3-9H2,1-2H3. The number of aryl methyl sites for hydroxylation is 1. The summed E-state index contributed by atoms with van der Waals surface area (Å²) in [4.78, 5) is 0. The first-order chi connectivity index (χ1) is 9.22. The summed E-state index contributed by atoms with van der Waals surface area (Å²) in [5.74, 6) is 2.20. The smallest absolute Gasteiger partial charge is 0.141 e. The van der Waals surface area contributed by atoms with Gasteiger partial charge in [0.2, 0.25) is 0 Å². The summed E-state index contributed by atoms with van der Waals surface area (Å²) >= 11 is 12.0. The van der Waals surface area contributed by atoms with Crippen LogP contribution in [0.1, 0.15) is 38.7 Å². The first-order valence-corrected chi connectivity index (χ1v) is 7.78. The molecule has 0 unspecified atom stereocenters. The minimum Gasteiger partial charge on any atom is -0.493 e. The molecule has 0 spiro atoms. The van der Waals surface area contributed by atoms with Crippen LogP contribution in [0.25, 0.3) is 0 Å². The number of rotatable bonds is 9. The van der Waals surface area contributed by atoms with Gasteiger partial charge < -0.3 is 9.47 Å². The third kappa shape index (κ3) is 5.50. The van der Waals surface area contributed by atoms with Crippen molar-refractivity contribution in [1.82, 2.24) is 0 Å². The number of benzene rings is 1. The highest BCUT2D eigenvalue weighted by molar-refractivity contribution is 6.32. The Morgan fingerprint density at radius 1 is 1.00 bits per heavy atom. The van der Waals surface area contributed by atoms with Gasteiger partial charge in [0.25, 0.3) is 0 Å². The van der Waals surface area contributed by atoms with Gasteiger partial charge in [0.15, 0.2) is 0 Å². The van der Waals surface area contributed by atoms with Crippen LogP contribution in [0.15, 0.2) is 12.1 Å².